The summed E-state index contributed by atoms with van der Waals surface area (Å²) in [5.74, 6) is -0.0140. The monoisotopic (exact) mass is 384 g/mol. The summed E-state index contributed by atoms with van der Waals surface area (Å²) in [6, 6.07) is 1.94. The number of rotatable bonds is 7. The fourth-order valence-corrected chi connectivity index (χ4v) is 4.11. The van der Waals surface area contributed by atoms with Crippen LogP contribution in [0.2, 0.25) is 0 Å². The van der Waals surface area contributed by atoms with Crippen molar-refractivity contribution >= 4 is 68.1 Å². The van der Waals surface area contributed by atoms with Crippen LogP contribution in [0.15, 0.2) is 6.07 Å². The molecule has 126 valence electrons. The number of thiazole rings is 1. The summed E-state index contributed by atoms with van der Waals surface area (Å²) in [5, 5.41) is 6.93. The molecule has 0 unspecified atom stereocenters. The molecule has 2 heterocycles. The second-order valence-electron chi connectivity index (χ2n) is 4.31. The lowest BCUT2D eigenvalue weighted by Crippen LogP contribution is -2.29. The second-order valence-corrected chi connectivity index (χ2v) is 6.35. The average Bonchev–Trinajstić information content (AvgIpc) is 2.99. The van der Waals surface area contributed by atoms with Crippen molar-refractivity contribution < 1.29 is 4.79 Å². The van der Waals surface area contributed by atoms with E-state index in [2.05, 4.69) is 34.4 Å². The van der Waals surface area contributed by atoms with Crippen LogP contribution in [-0.2, 0) is 0 Å². The van der Waals surface area contributed by atoms with Gasteiger partial charge in [0.05, 0.1) is 9.58 Å². The van der Waals surface area contributed by atoms with Gasteiger partial charge in [-0.3, -0.25) is 4.79 Å². The third-order valence-electron chi connectivity index (χ3n) is 3.00. The fourth-order valence-electron chi connectivity index (χ4n) is 1.85. The van der Waals surface area contributed by atoms with Gasteiger partial charge in [-0.25, -0.2) is 4.98 Å². The Morgan fingerprint density at radius 3 is 2.45 bits per heavy atom. The van der Waals surface area contributed by atoms with E-state index in [-0.39, 0.29) is 30.7 Å². The number of carbonyl (C=O) groups excluding carboxylic acids is 1. The molecule has 0 aliphatic rings. The summed E-state index contributed by atoms with van der Waals surface area (Å²) < 4.78 is 1.09. The molecule has 5 nitrogen and oxygen atoms in total. The molecule has 0 saturated heterocycles. The molecule has 0 atom stereocenters. The number of aromatic nitrogens is 1. The highest BCUT2D eigenvalue weighted by atomic mass is 35.5. The molecule has 0 spiro atoms. The second kappa shape index (κ2) is 10.2. The smallest absolute Gasteiger partial charge is 0.261 e. The summed E-state index contributed by atoms with van der Waals surface area (Å²) in [6.45, 7) is 7.57. The lowest BCUT2D eigenvalue weighted by molar-refractivity contribution is 0.0958. The van der Waals surface area contributed by atoms with E-state index in [4.69, 9.17) is 0 Å². The summed E-state index contributed by atoms with van der Waals surface area (Å²) in [5.41, 5.74) is 0. The number of halogens is 2. The van der Waals surface area contributed by atoms with Crippen LogP contribution in [0.4, 0.5) is 5.13 Å². The highest BCUT2D eigenvalue weighted by molar-refractivity contribution is 7.29. The minimum atomic E-state index is -0.0140. The van der Waals surface area contributed by atoms with Crippen LogP contribution >= 0.6 is 47.5 Å². The molecule has 0 saturated carbocycles. The molecule has 2 aromatic heterocycles. The quantitative estimate of drug-likeness (QED) is 0.720. The summed E-state index contributed by atoms with van der Waals surface area (Å²) in [6.07, 6.45) is 0. The molecule has 0 aliphatic carbocycles. The van der Waals surface area contributed by atoms with Crippen LogP contribution in [-0.4, -0.2) is 44.1 Å². The highest BCUT2D eigenvalue weighted by Crippen LogP contribution is 2.34. The minimum Gasteiger partial charge on any atom is -0.350 e. The van der Waals surface area contributed by atoms with E-state index in [9.17, 15) is 4.79 Å². The van der Waals surface area contributed by atoms with Gasteiger partial charge in [0.15, 0.2) is 5.13 Å². The predicted molar refractivity (Wildman–Crippen MR) is 102 cm³/mol. The zero-order valence-electron chi connectivity index (χ0n) is 12.8. The molecule has 0 fully saturated rings. The van der Waals surface area contributed by atoms with Crippen molar-refractivity contribution in [1.29, 1.82) is 0 Å². The van der Waals surface area contributed by atoms with E-state index in [1.54, 1.807) is 11.3 Å². The Labute approximate surface area is 151 Å². The van der Waals surface area contributed by atoms with Crippen molar-refractivity contribution in [1.82, 2.24) is 15.6 Å². The number of likely N-dealkylation sites (N-methyl/N-ethyl adjacent to an activating group) is 1. The normalized spacial score (nSPS) is 9.95. The first-order valence-corrected chi connectivity index (χ1v) is 8.41. The van der Waals surface area contributed by atoms with E-state index >= 15 is 0 Å². The Bertz CT molecular complexity index is 552. The lowest BCUT2D eigenvalue weighted by Gasteiger charge is -2.16. The van der Waals surface area contributed by atoms with Crippen molar-refractivity contribution in [3.63, 3.8) is 0 Å². The van der Waals surface area contributed by atoms with Crippen LogP contribution in [0.5, 0.6) is 0 Å². The number of hydrogen-bond acceptors (Lipinski definition) is 6. The van der Waals surface area contributed by atoms with E-state index in [1.165, 1.54) is 11.3 Å². The number of nitrogens with one attached hydrogen (secondary N) is 2. The molecule has 2 aromatic rings. The summed E-state index contributed by atoms with van der Waals surface area (Å²) in [4.78, 5) is 20.5. The molecule has 0 radical (unpaired) electrons. The van der Waals surface area contributed by atoms with Gasteiger partial charge in [-0.15, -0.1) is 36.2 Å². The van der Waals surface area contributed by atoms with Crippen molar-refractivity contribution in [3.05, 3.63) is 10.9 Å². The lowest BCUT2D eigenvalue weighted by atomic mass is 10.4. The Kier molecular flexibility index (Phi) is 9.95. The van der Waals surface area contributed by atoms with Crippen LogP contribution in [0.25, 0.3) is 9.53 Å². The molecular formula is C13H22Cl2N4OS2. The SMILES string of the molecule is CCN(CC)c1nc2sc(C(=O)NCCNC)cc2s1.Cl.Cl. The van der Waals surface area contributed by atoms with Crippen molar-refractivity contribution in [2.75, 3.05) is 38.1 Å². The standard InChI is InChI=1S/C13H20N4OS2.2ClH/c1-4-17(5-2)13-16-12-10(20-13)8-9(19-12)11(18)15-7-6-14-3;;/h8,14H,4-7H2,1-3H3,(H,15,18);2*1H. The third-order valence-corrected chi connectivity index (χ3v) is 5.22. The highest BCUT2D eigenvalue weighted by Gasteiger charge is 2.15. The van der Waals surface area contributed by atoms with Gasteiger partial charge in [-0.1, -0.05) is 11.3 Å². The topological polar surface area (TPSA) is 57.3 Å². The van der Waals surface area contributed by atoms with Crippen LogP contribution in [0.1, 0.15) is 23.5 Å². The maximum absolute atomic E-state index is 12.0. The van der Waals surface area contributed by atoms with Gasteiger partial charge in [-0.05, 0) is 27.0 Å². The molecule has 0 aliphatic heterocycles. The van der Waals surface area contributed by atoms with Crippen LogP contribution in [0.3, 0.4) is 0 Å². The van der Waals surface area contributed by atoms with E-state index in [0.717, 1.165) is 39.2 Å². The maximum atomic E-state index is 12.0. The van der Waals surface area contributed by atoms with Gasteiger partial charge >= 0.3 is 0 Å². The average molecular weight is 385 g/mol. The first-order chi connectivity index (χ1) is 9.69. The van der Waals surface area contributed by atoms with Gasteiger partial charge in [-0.2, -0.15) is 0 Å². The van der Waals surface area contributed by atoms with Gasteiger partial charge in [0.2, 0.25) is 0 Å². The Morgan fingerprint density at radius 1 is 1.23 bits per heavy atom. The molecule has 2 rings (SSSR count). The predicted octanol–water partition coefficient (Wildman–Crippen LogP) is 3.00. The van der Waals surface area contributed by atoms with Gasteiger partial charge in [0, 0.05) is 26.2 Å². The summed E-state index contributed by atoms with van der Waals surface area (Å²) >= 11 is 3.12. The number of thiophene rings is 1. The zero-order chi connectivity index (χ0) is 14.5. The molecule has 0 bridgehead atoms. The fraction of sp³-hybridized carbons (Fsp3) is 0.538. The molecule has 0 aromatic carbocycles. The zero-order valence-corrected chi connectivity index (χ0v) is 16.1. The number of fused-ring (bicyclic) bond motifs is 1. The van der Waals surface area contributed by atoms with Crippen molar-refractivity contribution in [2.24, 2.45) is 0 Å². The largest absolute Gasteiger partial charge is 0.350 e. The van der Waals surface area contributed by atoms with E-state index in [0.29, 0.717) is 6.54 Å². The number of carbonyl (C=O) groups is 1. The Hall–Kier alpha value is -0.600. The summed E-state index contributed by atoms with van der Waals surface area (Å²) in [7, 11) is 1.87. The first kappa shape index (κ1) is 21.4. The molecule has 9 heteroatoms. The van der Waals surface area contributed by atoms with Crippen LogP contribution in [0, 0.1) is 0 Å². The van der Waals surface area contributed by atoms with Gasteiger partial charge < -0.3 is 15.5 Å². The molecule has 2 N–H and O–H groups in total. The minimum absolute atomic E-state index is 0. The first-order valence-electron chi connectivity index (χ1n) is 6.77. The third kappa shape index (κ3) is 4.96. The molecule has 22 heavy (non-hydrogen) atoms. The number of nitrogens with zero attached hydrogens (tertiary/aromatic N) is 2. The van der Waals surface area contributed by atoms with Gasteiger partial charge in [0.1, 0.15) is 4.83 Å². The number of amides is 1. The van der Waals surface area contributed by atoms with Crippen molar-refractivity contribution in [3.8, 4) is 0 Å². The Balaban J connectivity index is 0.00000220. The Morgan fingerprint density at radius 2 is 1.91 bits per heavy atom. The molecular weight excluding hydrogens is 363 g/mol. The van der Waals surface area contributed by atoms with E-state index < -0.39 is 0 Å². The molecule has 1 amide bonds. The number of hydrogen-bond donors (Lipinski definition) is 2. The van der Waals surface area contributed by atoms with Crippen LogP contribution < -0.4 is 15.5 Å². The number of anilines is 1. The van der Waals surface area contributed by atoms with Crippen molar-refractivity contribution in [2.45, 2.75) is 13.8 Å². The maximum Gasteiger partial charge on any atom is 0.261 e. The van der Waals surface area contributed by atoms with E-state index in [1.807, 2.05) is 13.1 Å². The van der Waals surface area contributed by atoms with Gasteiger partial charge in [0.25, 0.3) is 5.91 Å².